The molecule has 126 valence electrons. The Balaban J connectivity index is 1.95. The summed E-state index contributed by atoms with van der Waals surface area (Å²) < 4.78 is 0. The number of amides is 1. The predicted octanol–water partition coefficient (Wildman–Crippen LogP) is -0.183. The summed E-state index contributed by atoms with van der Waals surface area (Å²) in [5.74, 6) is -0.0839. The number of rotatable bonds is 5. The third-order valence-electron chi connectivity index (χ3n) is 4.48. The third-order valence-corrected chi connectivity index (χ3v) is 4.48. The molecule has 2 unspecified atom stereocenters. The van der Waals surface area contributed by atoms with Gasteiger partial charge in [0.25, 0.3) is 5.91 Å². The van der Waals surface area contributed by atoms with Gasteiger partial charge in [0.15, 0.2) is 5.60 Å². The maximum atomic E-state index is 12.3. The van der Waals surface area contributed by atoms with Gasteiger partial charge in [-0.2, -0.15) is 0 Å². The Hall–Kier alpha value is -1.18. The first kappa shape index (κ1) is 17.2. The van der Waals surface area contributed by atoms with E-state index in [2.05, 4.69) is 10.1 Å². The molecule has 22 heavy (non-hydrogen) atoms. The molecule has 0 aromatic heterocycles. The summed E-state index contributed by atoms with van der Waals surface area (Å²) in [7, 11) is 1.77. The summed E-state index contributed by atoms with van der Waals surface area (Å²) in [6.45, 7) is 5.57. The van der Waals surface area contributed by atoms with E-state index in [1.165, 1.54) is 0 Å². The average Bonchev–Trinajstić information content (AvgIpc) is 2.88. The first-order chi connectivity index (χ1) is 10.4. The molecule has 0 bridgehead atoms. The van der Waals surface area contributed by atoms with Gasteiger partial charge in [-0.1, -0.05) is 5.16 Å². The highest BCUT2D eigenvalue weighted by atomic mass is 16.7. The van der Waals surface area contributed by atoms with Crippen LogP contribution in [0.5, 0.6) is 0 Å². The van der Waals surface area contributed by atoms with E-state index in [1.54, 1.807) is 11.9 Å². The molecule has 0 aromatic rings. The number of aliphatic hydroxyl groups excluding tert-OH is 2. The molecule has 1 spiro atoms. The molecule has 0 radical (unpaired) electrons. The van der Waals surface area contributed by atoms with Crippen LogP contribution in [0.15, 0.2) is 5.16 Å². The van der Waals surface area contributed by atoms with Gasteiger partial charge in [0.1, 0.15) is 5.71 Å². The number of nitrogens with zero attached hydrogens (tertiary/aromatic N) is 3. The van der Waals surface area contributed by atoms with Crippen molar-refractivity contribution in [1.82, 2.24) is 9.80 Å². The van der Waals surface area contributed by atoms with Gasteiger partial charge in [-0.05, 0) is 33.2 Å². The summed E-state index contributed by atoms with van der Waals surface area (Å²) >= 11 is 0. The highest BCUT2D eigenvalue weighted by Gasteiger charge is 2.45. The monoisotopic (exact) mass is 313 g/mol. The van der Waals surface area contributed by atoms with E-state index in [-0.39, 0.29) is 18.6 Å². The molecule has 7 heteroatoms. The van der Waals surface area contributed by atoms with Gasteiger partial charge in [-0.15, -0.1) is 0 Å². The van der Waals surface area contributed by atoms with Crippen molar-refractivity contribution in [3.63, 3.8) is 0 Å². The lowest BCUT2D eigenvalue weighted by Gasteiger charge is -2.38. The van der Waals surface area contributed by atoms with Gasteiger partial charge >= 0.3 is 0 Å². The van der Waals surface area contributed by atoms with Gasteiger partial charge in [0, 0.05) is 32.6 Å². The van der Waals surface area contributed by atoms with Crippen molar-refractivity contribution in [2.45, 2.75) is 50.9 Å². The quantitative estimate of drug-likeness (QED) is 0.735. The predicted molar refractivity (Wildman–Crippen MR) is 82.5 cm³/mol. The van der Waals surface area contributed by atoms with Crippen molar-refractivity contribution in [1.29, 1.82) is 0 Å². The van der Waals surface area contributed by atoms with Crippen LogP contribution in [-0.4, -0.2) is 82.7 Å². The number of β-amino-alcohol motifs (C(OH)–C–C–N with tert-alkyl or cyclic N) is 1. The lowest BCUT2D eigenvalue weighted by Crippen LogP contribution is -2.51. The topological polar surface area (TPSA) is 85.6 Å². The fourth-order valence-corrected chi connectivity index (χ4v) is 3.00. The molecule has 0 aliphatic carbocycles. The Bertz CT molecular complexity index is 441. The second-order valence-corrected chi connectivity index (χ2v) is 6.67. The number of carbonyl (C=O) groups excluding carboxylic acids is 1. The molecular formula is C15H27N3O4. The Morgan fingerprint density at radius 3 is 2.91 bits per heavy atom. The maximum Gasteiger partial charge on any atom is 0.271 e. The second kappa shape index (κ2) is 6.93. The Morgan fingerprint density at radius 1 is 1.55 bits per heavy atom. The van der Waals surface area contributed by atoms with Gasteiger partial charge < -0.3 is 20.0 Å². The SMILES string of the molecule is CC(C)N(C)C(=O)C1=NOC2(CCCN(CC(O)CO)C2)C1. The van der Waals surface area contributed by atoms with Gasteiger partial charge in [0.05, 0.1) is 12.7 Å². The van der Waals surface area contributed by atoms with E-state index in [1.807, 2.05) is 13.8 Å². The van der Waals surface area contributed by atoms with Crippen LogP contribution in [0.2, 0.25) is 0 Å². The minimum Gasteiger partial charge on any atom is -0.394 e. The van der Waals surface area contributed by atoms with Crippen molar-refractivity contribution >= 4 is 11.6 Å². The largest absolute Gasteiger partial charge is 0.394 e. The Labute approximate surface area is 131 Å². The molecule has 1 saturated heterocycles. The van der Waals surface area contributed by atoms with E-state index in [4.69, 9.17) is 9.94 Å². The molecule has 2 aliphatic heterocycles. The van der Waals surface area contributed by atoms with Gasteiger partial charge in [-0.25, -0.2) is 0 Å². The van der Waals surface area contributed by atoms with Crippen LogP contribution in [0.1, 0.15) is 33.1 Å². The fraction of sp³-hybridized carbons (Fsp3) is 0.867. The molecule has 1 fully saturated rings. The van der Waals surface area contributed by atoms with Crippen LogP contribution < -0.4 is 0 Å². The second-order valence-electron chi connectivity index (χ2n) is 6.67. The molecule has 2 rings (SSSR count). The number of hydrogen-bond donors (Lipinski definition) is 2. The normalized spacial score (nSPS) is 26.9. The van der Waals surface area contributed by atoms with Crippen LogP contribution in [-0.2, 0) is 9.63 Å². The molecule has 2 atom stereocenters. The Morgan fingerprint density at radius 2 is 2.27 bits per heavy atom. The minimum atomic E-state index is -0.745. The van der Waals surface area contributed by atoms with Gasteiger partial charge in [0.2, 0.25) is 0 Å². The fourth-order valence-electron chi connectivity index (χ4n) is 3.00. The molecule has 0 aromatic carbocycles. The van der Waals surface area contributed by atoms with E-state index in [0.717, 1.165) is 19.4 Å². The summed E-state index contributed by atoms with van der Waals surface area (Å²) in [5, 5.41) is 22.6. The molecule has 2 aliphatic rings. The van der Waals surface area contributed by atoms with E-state index in [9.17, 15) is 9.90 Å². The third kappa shape index (κ3) is 3.77. The lowest BCUT2D eigenvalue weighted by atomic mass is 9.87. The standard InChI is InChI=1S/C15H27N3O4/c1-11(2)17(3)14(21)13-7-15(22-16-13)5-4-6-18(10-15)8-12(20)9-19/h11-12,19-20H,4-10H2,1-3H3. The zero-order chi connectivity index (χ0) is 16.3. The first-order valence-corrected chi connectivity index (χ1v) is 7.90. The minimum absolute atomic E-state index is 0.0839. The van der Waals surface area contributed by atoms with Crippen molar-refractivity contribution in [3.8, 4) is 0 Å². The van der Waals surface area contributed by atoms with Crippen LogP contribution in [0.25, 0.3) is 0 Å². The maximum absolute atomic E-state index is 12.3. The van der Waals surface area contributed by atoms with Crippen molar-refractivity contribution < 1.29 is 19.8 Å². The van der Waals surface area contributed by atoms with Crippen molar-refractivity contribution in [3.05, 3.63) is 0 Å². The smallest absolute Gasteiger partial charge is 0.271 e. The van der Waals surface area contributed by atoms with Crippen LogP contribution in [0, 0.1) is 0 Å². The molecular weight excluding hydrogens is 286 g/mol. The van der Waals surface area contributed by atoms with Crippen LogP contribution >= 0.6 is 0 Å². The van der Waals surface area contributed by atoms with E-state index in [0.29, 0.717) is 25.2 Å². The van der Waals surface area contributed by atoms with Crippen molar-refractivity contribution in [2.24, 2.45) is 5.16 Å². The zero-order valence-corrected chi connectivity index (χ0v) is 13.7. The van der Waals surface area contributed by atoms with E-state index < -0.39 is 11.7 Å². The number of piperidine rings is 1. The lowest BCUT2D eigenvalue weighted by molar-refractivity contribution is -0.124. The number of likely N-dealkylation sites (tertiary alicyclic amines) is 1. The van der Waals surface area contributed by atoms with Crippen LogP contribution in [0.3, 0.4) is 0 Å². The number of oxime groups is 1. The molecule has 2 heterocycles. The number of carbonyl (C=O) groups is 1. The van der Waals surface area contributed by atoms with E-state index >= 15 is 0 Å². The molecule has 2 N–H and O–H groups in total. The summed E-state index contributed by atoms with van der Waals surface area (Å²) in [5.41, 5.74) is 0.0109. The van der Waals surface area contributed by atoms with Crippen molar-refractivity contribution in [2.75, 3.05) is 33.3 Å². The first-order valence-electron chi connectivity index (χ1n) is 7.90. The number of aliphatic hydroxyl groups is 2. The van der Waals surface area contributed by atoms with Gasteiger partial charge in [-0.3, -0.25) is 9.69 Å². The highest BCUT2D eigenvalue weighted by Crippen LogP contribution is 2.33. The molecule has 0 saturated carbocycles. The number of hydrogen-bond acceptors (Lipinski definition) is 6. The molecule has 7 nitrogen and oxygen atoms in total. The molecule has 1 amide bonds. The average molecular weight is 313 g/mol. The Kier molecular flexibility index (Phi) is 5.41. The van der Waals surface area contributed by atoms with Crippen LogP contribution in [0.4, 0.5) is 0 Å². The zero-order valence-electron chi connectivity index (χ0n) is 13.7. The summed E-state index contributed by atoms with van der Waals surface area (Å²) in [4.78, 5) is 21.7. The summed E-state index contributed by atoms with van der Waals surface area (Å²) in [6.07, 6.45) is 1.54. The summed E-state index contributed by atoms with van der Waals surface area (Å²) in [6, 6.07) is 0.120. The highest BCUT2D eigenvalue weighted by molar-refractivity contribution is 6.39.